The molecular weight excluding hydrogens is 220 g/mol. The molecule has 0 aromatic carbocycles. The molecule has 0 fully saturated rings. The van der Waals surface area contributed by atoms with Gasteiger partial charge in [-0.2, -0.15) is 10.2 Å². The lowest BCUT2D eigenvalue weighted by atomic mass is 10.1. The molecule has 3 rings (SSSR count). The van der Waals surface area contributed by atoms with Crippen LogP contribution in [-0.2, 0) is 6.42 Å². The van der Waals surface area contributed by atoms with Crippen LogP contribution in [0, 0.1) is 6.92 Å². The molecule has 6 nitrogen and oxygen atoms in total. The number of hydrogen-bond donors (Lipinski definition) is 2. The molecule has 6 heteroatoms. The average molecular weight is 230 g/mol. The first-order valence-electron chi connectivity index (χ1n) is 5.19. The first-order valence-corrected chi connectivity index (χ1v) is 5.19. The smallest absolute Gasteiger partial charge is 0.275 e. The SMILES string of the molecule is Cc1[nH]nc2c(Cc3ccoc3)n[nH]c(=O)c12. The van der Waals surface area contributed by atoms with Gasteiger partial charge in [-0.15, -0.1) is 0 Å². The van der Waals surface area contributed by atoms with Gasteiger partial charge in [-0.05, 0) is 18.6 Å². The fourth-order valence-corrected chi connectivity index (χ4v) is 1.85. The molecule has 86 valence electrons. The third kappa shape index (κ3) is 1.54. The van der Waals surface area contributed by atoms with Crippen molar-refractivity contribution in [1.29, 1.82) is 0 Å². The van der Waals surface area contributed by atoms with Crippen molar-refractivity contribution in [2.75, 3.05) is 0 Å². The molecule has 0 aliphatic rings. The maximum Gasteiger partial charge on any atom is 0.275 e. The number of aromatic amines is 2. The first-order chi connectivity index (χ1) is 8.25. The fraction of sp³-hybridized carbons (Fsp3) is 0.182. The molecule has 17 heavy (non-hydrogen) atoms. The normalized spacial score (nSPS) is 11.1. The number of rotatable bonds is 2. The molecule has 0 aliphatic carbocycles. The van der Waals surface area contributed by atoms with Crippen molar-refractivity contribution in [3.8, 4) is 0 Å². The molecule has 0 saturated heterocycles. The van der Waals surface area contributed by atoms with Gasteiger partial charge in [-0.3, -0.25) is 9.89 Å². The third-order valence-corrected chi connectivity index (χ3v) is 2.69. The Bertz CT molecular complexity index is 709. The third-order valence-electron chi connectivity index (χ3n) is 2.69. The van der Waals surface area contributed by atoms with Gasteiger partial charge in [0.25, 0.3) is 5.56 Å². The molecule has 3 heterocycles. The van der Waals surface area contributed by atoms with Crippen LogP contribution in [0.5, 0.6) is 0 Å². The van der Waals surface area contributed by atoms with Crippen molar-refractivity contribution in [1.82, 2.24) is 20.4 Å². The van der Waals surface area contributed by atoms with E-state index in [1.807, 2.05) is 13.0 Å². The summed E-state index contributed by atoms with van der Waals surface area (Å²) in [6.45, 7) is 1.81. The minimum absolute atomic E-state index is 0.220. The molecule has 2 N–H and O–H groups in total. The summed E-state index contributed by atoms with van der Waals surface area (Å²) in [5.74, 6) is 0. The summed E-state index contributed by atoms with van der Waals surface area (Å²) in [5.41, 5.74) is 2.86. The average Bonchev–Trinajstić information content (AvgIpc) is 2.93. The van der Waals surface area contributed by atoms with Gasteiger partial charge in [0.1, 0.15) is 5.52 Å². The van der Waals surface area contributed by atoms with E-state index in [1.165, 1.54) is 0 Å². The van der Waals surface area contributed by atoms with E-state index in [-0.39, 0.29) is 5.56 Å². The Kier molecular flexibility index (Phi) is 2.07. The van der Waals surface area contributed by atoms with Gasteiger partial charge in [0.05, 0.1) is 23.6 Å². The molecule has 0 saturated carbocycles. The molecule has 0 radical (unpaired) electrons. The van der Waals surface area contributed by atoms with E-state index in [1.54, 1.807) is 12.5 Å². The monoisotopic (exact) mass is 230 g/mol. The Balaban J connectivity index is 2.18. The van der Waals surface area contributed by atoms with Gasteiger partial charge < -0.3 is 4.42 Å². The second-order valence-corrected chi connectivity index (χ2v) is 3.88. The van der Waals surface area contributed by atoms with Crippen molar-refractivity contribution in [3.05, 3.63) is 45.9 Å². The minimum Gasteiger partial charge on any atom is -0.472 e. The summed E-state index contributed by atoms with van der Waals surface area (Å²) in [7, 11) is 0. The van der Waals surface area contributed by atoms with E-state index in [9.17, 15) is 4.79 Å². The van der Waals surface area contributed by atoms with Gasteiger partial charge in [-0.25, -0.2) is 5.10 Å². The van der Waals surface area contributed by atoms with Gasteiger partial charge in [0.2, 0.25) is 0 Å². The summed E-state index contributed by atoms with van der Waals surface area (Å²) < 4.78 is 5.00. The highest BCUT2D eigenvalue weighted by atomic mass is 16.3. The number of aryl methyl sites for hydroxylation is 1. The molecule has 0 atom stereocenters. The zero-order valence-corrected chi connectivity index (χ0v) is 9.15. The molecule has 3 aromatic heterocycles. The van der Waals surface area contributed by atoms with E-state index >= 15 is 0 Å². The lowest BCUT2D eigenvalue weighted by Crippen LogP contribution is -2.11. The summed E-state index contributed by atoms with van der Waals surface area (Å²) >= 11 is 0. The minimum atomic E-state index is -0.220. The van der Waals surface area contributed by atoms with Crippen LogP contribution in [-0.4, -0.2) is 20.4 Å². The van der Waals surface area contributed by atoms with Crippen LogP contribution in [0.3, 0.4) is 0 Å². The van der Waals surface area contributed by atoms with Crippen LogP contribution in [0.15, 0.2) is 27.8 Å². The Labute approximate surface area is 95.7 Å². The van der Waals surface area contributed by atoms with Crippen LogP contribution < -0.4 is 5.56 Å². The van der Waals surface area contributed by atoms with Crippen LogP contribution in [0.4, 0.5) is 0 Å². The summed E-state index contributed by atoms with van der Waals surface area (Å²) in [5, 5.41) is 14.0. The number of nitrogens with zero attached hydrogens (tertiary/aromatic N) is 2. The number of fused-ring (bicyclic) bond motifs is 1. The molecular formula is C11H10N4O2. The highest BCUT2D eigenvalue weighted by molar-refractivity contribution is 5.81. The van der Waals surface area contributed by atoms with Gasteiger partial charge in [0, 0.05) is 12.1 Å². The summed E-state index contributed by atoms with van der Waals surface area (Å²) in [4.78, 5) is 11.6. The maximum absolute atomic E-state index is 11.6. The van der Waals surface area contributed by atoms with Gasteiger partial charge >= 0.3 is 0 Å². The van der Waals surface area contributed by atoms with Gasteiger partial charge in [-0.1, -0.05) is 0 Å². The highest BCUT2D eigenvalue weighted by Crippen LogP contribution is 2.16. The Morgan fingerprint density at radius 1 is 1.35 bits per heavy atom. The van der Waals surface area contributed by atoms with E-state index < -0.39 is 0 Å². The largest absolute Gasteiger partial charge is 0.472 e. The first kappa shape index (κ1) is 9.83. The van der Waals surface area contributed by atoms with Crippen LogP contribution in [0.1, 0.15) is 17.0 Å². The second-order valence-electron chi connectivity index (χ2n) is 3.88. The number of H-pyrrole nitrogens is 2. The predicted octanol–water partition coefficient (Wildman–Crippen LogP) is 1.14. The van der Waals surface area contributed by atoms with Crippen molar-refractivity contribution in [2.24, 2.45) is 0 Å². The topological polar surface area (TPSA) is 87.6 Å². The Morgan fingerprint density at radius 2 is 2.24 bits per heavy atom. The van der Waals surface area contributed by atoms with E-state index in [0.29, 0.717) is 17.3 Å². The van der Waals surface area contributed by atoms with E-state index in [2.05, 4.69) is 20.4 Å². The lowest BCUT2D eigenvalue weighted by molar-refractivity contribution is 0.564. The molecule has 0 unspecified atom stereocenters. The van der Waals surface area contributed by atoms with Gasteiger partial charge in [0.15, 0.2) is 0 Å². The predicted molar refractivity (Wildman–Crippen MR) is 60.8 cm³/mol. The van der Waals surface area contributed by atoms with Crippen molar-refractivity contribution in [3.63, 3.8) is 0 Å². The molecule has 0 amide bonds. The number of aromatic nitrogens is 4. The fourth-order valence-electron chi connectivity index (χ4n) is 1.85. The quantitative estimate of drug-likeness (QED) is 0.691. The lowest BCUT2D eigenvalue weighted by Gasteiger charge is -1.98. The van der Waals surface area contributed by atoms with E-state index in [4.69, 9.17) is 4.42 Å². The number of hydrogen-bond acceptors (Lipinski definition) is 4. The van der Waals surface area contributed by atoms with Crippen molar-refractivity contribution >= 4 is 10.9 Å². The van der Waals surface area contributed by atoms with Crippen LogP contribution >= 0.6 is 0 Å². The zero-order chi connectivity index (χ0) is 11.8. The van der Waals surface area contributed by atoms with Crippen molar-refractivity contribution in [2.45, 2.75) is 13.3 Å². The molecule has 0 bridgehead atoms. The number of nitrogens with one attached hydrogen (secondary N) is 2. The summed E-state index contributed by atoms with van der Waals surface area (Å²) in [6.07, 6.45) is 3.83. The Hall–Kier alpha value is -2.37. The van der Waals surface area contributed by atoms with Crippen LogP contribution in [0.25, 0.3) is 10.9 Å². The highest BCUT2D eigenvalue weighted by Gasteiger charge is 2.12. The molecule has 0 aliphatic heterocycles. The number of furan rings is 1. The maximum atomic E-state index is 11.6. The zero-order valence-electron chi connectivity index (χ0n) is 9.15. The molecule has 0 spiro atoms. The van der Waals surface area contributed by atoms with E-state index in [0.717, 1.165) is 17.0 Å². The summed E-state index contributed by atoms with van der Waals surface area (Å²) in [6, 6.07) is 1.86. The second kappa shape index (κ2) is 3.58. The standard InChI is InChI=1S/C11H10N4O2/c1-6-9-10(14-12-6)8(13-15-11(9)16)4-7-2-3-17-5-7/h2-3,5H,4H2,1H3,(H,12,14)(H,15,16). The van der Waals surface area contributed by atoms with Crippen molar-refractivity contribution < 1.29 is 4.42 Å². The van der Waals surface area contributed by atoms with Crippen LogP contribution in [0.2, 0.25) is 0 Å². The molecule has 3 aromatic rings. The Morgan fingerprint density at radius 3 is 3.00 bits per heavy atom.